The van der Waals surface area contributed by atoms with E-state index in [0.717, 1.165) is 17.5 Å². The molecule has 0 radical (unpaired) electrons. The van der Waals surface area contributed by atoms with Gasteiger partial charge in [-0.3, -0.25) is 10.1 Å². The summed E-state index contributed by atoms with van der Waals surface area (Å²) < 4.78 is 0. The Kier molecular flexibility index (Phi) is 4.30. The molecule has 0 aromatic heterocycles. The summed E-state index contributed by atoms with van der Waals surface area (Å²) in [5.74, 6) is 0.478. The van der Waals surface area contributed by atoms with Gasteiger partial charge < -0.3 is 0 Å². The normalized spacial score (nSPS) is 10.8. The van der Waals surface area contributed by atoms with Crippen molar-refractivity contribution in [1.82, 2.24) is 0 Å². The lowest BCUT2D eigenvalue weighted by molar-refractivity contribution is -0.385. The van der Waals surface area contributed by atoms with Gasteiger partial charge in [0.2, 0.25) is 0 Å². The monoisotopic (exact) mass is 241 g/mol. The maximum absolute atomic E-state index is 11.0. The van der Waals surface area contributed by atoms with Crippen LogP contribution in [0.1, 0.15) is 43.4 Å². The largest absolute Gasteiger partial charge is 0.274 e. The highest BCUT2D eigenvalue weighted by atomic mass is 35.5. The van der Waals surface area contributed by atoms with Gasteiger partial charge in [-0.2, -0.15) is 0 Å². The van der Waals surface area contributed by atoms with Crippen molar-refractivity contribution in [2.45, 2.75) is 39.0 Å². The zero-order valence-corrected chi connectivity index (χ0v) is 10.5. The van der Waals surface area contributed by atoms with E-state index in [4.69, 9.17) is 11.6 Å². The maximum atomic E-state index is 11.0. The molecule has 1 aromatic carbocycles. The number of hydrogen-bond acceptors (Lipinski definition) is 2. The molecule has 0 aliphatic carbocycles. The average Bonchev–Trinajstić information content (AvgIpc) is 2.26. The van der Waals surface area contributed by atoms with Crippen LogP contribution in [-0.2, 0) is 12.3 Å². The molecule has 0 bridgehead atoms. The molecule has 0 amide bonds. The number of alkyl halides is 1. The average molecular weight is 242 g/mol. The first kappa shape index (κ1) is 13.0. The zero-order chi connectivity index (χ0) is 12.3. The summed E-state index contributed by atoms with van der Waals surface area (Å²) in [6.07, 6.45) is 0.767. The molecule has 3 nitrogen and oxygen atoms in total. The highest BCUT2D eigenvalue weighted by Gasteiger charge is 2.18. The number of halogens is 1. The molecule has 0 aliphatic heterocycles. The van der Waals surface area contributed by atoms with E-state index in [0.29, 0.717) is 5.56 Å². The molecule has 0 fully saturated rings. The summed E-state index contributed by atoms with van der Waals surface area (Å²) in [7, 11) is 0. The van der Waals surface area contributed by atoms with Gasteiger partial charge in [0.1, 0.15) is 0 Å². The molecule has 1 aromatic rings. The van der Waals surface area contributed by atoms with Crippen LogP contribution in [0.5, 0.6) is 0 Å². The molecule has 0 aliphatic rings. The highest BCUT2D eigenvalue weighted by Crippen LogP contribution is 2.29. The van der Waals surface area contributed by atoms with Gasteiger partial charge in [0, 0.05) is 11.6 Å². The first-order chi connectivity index (χ1) is 7.51. The van der Waals surface area contributed by atoms with Crippen LogP contribution in [0.3, 0.4) is 0 Å². The van der Waals surface area contributed by atoms with E-state index in [1.807, 2.05) is 26.8 Å². The summed E-state index contributed by atoms with van der Waals surface area (Å²) in [4.78, 5) is 10.6. The third-order valence-corrected chi connectivity index (χ3v) is 2.99. The molecule has 4 heteroatoms. The van der Waals surface area contributed by atoms with E-state index in [2.05, 4.69) is 0 Å². The number of rotatable bonds is 4. The van der Waals surface area contributed by atoms with Crippen LogP contribution >= 0.6 is 11.6 Å². The van der Waals surface area contributed by atoms with Gasteiger partial charge in [-0.1, -0.05) is 26.8 Å². The second-order valence-corrected chi connectivity index (χ2v) is 4.34. The number of nitrogens with zero attached hydrogens (tertiary/aromatic N) is 1. The molecule has 0 spiro atoms. The molecular weight excluding hydrogens is 226 g/mol. The summed E-state index contributed by atoms with van der Waals surface area (Å²) in [6.45, 7) is 6.04. The van der Waals surface area contributed by atoms with Gasteiger partial charge in [0.05, 0.1) is 10.8 Å². The SMILES string of the molecule is CCc1cc(C(C)C)cc([N+](=O)[O-])c1CCl. The number of hydrogen-bond donors (Lipinski definition) is 0. The summed E-state index contributed by atoms with van der Waals surface area (Å²) in [6, 6.07) is 3.66. The second-order valence-electron chi connectivity index (χ2n) is 4.08. The fraction of sp³-hybridized carbons (Fsp3) is 0.500. The topological polar surface area (TPSA) is 43.1 Å². The standard InChI is InChI=1S/C12H16ClNO2/c1-4-9-5-10(8(2)3)6-12(14(15)16)11(9)7-13/h5-6,8H,4,7H2,1-3H3. The minimum Gasteiger partial charge on any atom is -0.258 e. The van der Waals surface area contributed by atoms with Crippen LogP contribution < -0.4 is 0 Å². The summed E-state index contributed by atoms with van der Waals surface area (Å²) >= 11 is 5.79. The van der Waals surface area contributed by atoms with Gasteiger partial charge in [-0.05, 0) is 23.5 Å². The zero-order valence-electron chi connectivity index (χ0n) is 9.79. The van der Waals surface area contributed by atoms with Gasteiger partial charge in [-0.15, -0.1) is 11.6 Å². The van der Waals surface area contributed by atoms with Gasteiger partial charge in [-0.25, -0.2) is 0 Å². The number of nitro benzene ring substituents is 1. The Morgan fingerprint density at radius 1 is 1.44 bits per heavy atom. The van der Waals surface area contributed by atoms with Crippen molar-refractivity contribution in [1.29, 1.82) is 0 Å². The van der Waals surface area contributed by atoms with Crippen molar-refractivity contribution < 1.29 is 4.92 Å². The van der Waals surface area contributed by atoms with Crippen LogP contribution in [0.2, 0.25) is 0 Å². The third kappa shape index (κ3) is 2.53. The smallest absolute Gasteiger partial charge is 0.258 e. The van der Waals surface area contributed by atoms with Gasteiger partial charge >= 0.3 is 0 Å². The molecule has 0 unspecified atom stereocenters. The Hall–Kier alpha value is -1.09. The van der Waals surface area contributed by atoms with Crippen molar-refractivity contribution in [3.05, 3.63) is 38.9 Å². The predicted octanol–water partition coefficient (Wildman–Crippen LogP) is 4.02. The van der Waals surface area contributed by atoms with Crippen molar-refractivity contribution >= 4 is 17.3 Å². The highest BCUT2D eigenvalue weighted by molar-refractivity contribution is 6.17. The van der Waals surface area contributed by atoms with Gasteiger partial charge in [0.15, 0.2) is 0 Å². The summed E-state index contributed by atoms with van der Waals surface area (Å²) in [5, 5.41) is 11.0. The van der Waals surface area contributed by atoms with E-state index in [1.165, 1.54) is 0 Å². The Labute approximate surface area is 101 Å². The molecular formula is C12H16ClNO2. The molecule has 88 valence electrons. The lowest BCUT2D eigenvalue weighted by Gasteiger charge is -2.11. The van der Waals surface area contributed by atoms with Crippen molar-refractivity contribution in [3.63, 3.8) is 0 Å². The van der Waals surface area contributed by atoms with Crippen LogP contribution in [0.4, 0.5) is 5.69 Å². The Morgan fingerprint density at radius 3 is 2.44 bits per heavy atom. The minimum atomic E-state index is -0.344. The maximum Gasteiger partial charge on any atom is 0.274 e. The van der Waals surface area contributed by atoms with Crippen LogP contribution in [-0.4, -0.2) is 4.92 Å². The van der Waals surface area contributed by atoms with E-state index >= 15 is 0 Å². The molecule has 16 heavy (non-hydrogen) atoms. The van der Waals surface area contributed by atoms with E-state index < -0.39 is 0 Å². The number of aryl methyl sites for hydroxylation is 1. The van der Waals surface area contributed by atoms with E-state index in [-0.39, 0.29) is 22.4 Å². The number of nitro groups is 1. The first-order valence-corrected chi connectivity index (χ1v) is 5.90. The van der Waals surface area contributed by atoms with Crippen LogP contribution in [0.25, 0.3) is 0 Å². The first-order valence-electron chi connectivity index (χ1n) is 5.37. The molecule has 0 atom stereocenters. The van der Waals surface area contributed by atoms with Gasteiger partial charge in [0.25, 0.3) is 5.69 Å². The quantitative estimate of drug-likeness (QED) is 0.454. The fourth-order valence-corrected chi connectivity index (χ4v) is 2.01. The lowest BCUT2D eigenvalue weighted by atomic mass is 9.95. The molecule has 0 saturated carbocycles. The van der Waals surface area contributed by atoms with Crippen molar-refractivity contribution in [2.75, 3.05) is 0 Å². The van der Waals surface area contributed by atoms with Crippen LogP contribution in [0.15, 0.2) is 12.1 Å². The molecule has 0 N–H and O–H groups in total. The Balaban J connectivity index is 3.43. The van der Waals surface area contributed by atoms with Crippen molar-refractivity contribution in [3.8, 4) is 0 Å². The predicted molar refractivity (Wildman–Crippen MR) is 66.1 cm³/mol. The molecule has 0 heterocycles. The third-order valence-electron chi connectivity index (χ3n) is 2.72. The number of benzene rings is 1. The second kappa shape index (κ2) is 5.30. The Morgan fingerprint density at radius 2 is 2.06 bits per heavy atom. The Bertz CT molecular complexity index is 402. The van der Waals surface area contributed by atoms with E-state index in [1.54, 1.807) is 6.07 Å². The van der Waals surface area contributed by atoms with Crippen LogP contribution in [0, 0.1) is 10.1 Å². The van der Waals surface area contributed by atoms with Crippen molar-refractivity contribution in [2.24, 2.45) is 0 Å². The summed E-state index contributed by atoms with van der Waals surface area (Å²) in [5.41, 5.74) is 2.78. The van der Waals surface area contributed by atoms with E-state index in [9.17, 15) is 10.1 Å². The molecule has 0 saturated heterocycles. The molecule has 1 rings (SSSR count). The lowest BCUT2D eigenvalue weighted by Crippen LogP contribution is -2.01. The minimum absolute atomic E-state index is 0.151. The fourth-order valence-electron chi connectivity index (χ4n) is 1.71.